The van der Waals surface area contributed by atoms with Crippen LogP contribution in [0, 0.1) is 0 Å². The summed E-state index contributed by atoms with van der Waals surface area (Å²) >= 11 is 0. The van der Waals surface area contributed by atoms with E-state index in [1.165, 1.54) is 5.56 Å². The molecule has 3 rings (SSSR count). The fourth-order valence-electron chi connectivity index (χ4n) is 2.68. The normalized spacial score (nSPS) is 12.9. The molecule has 0 saturated carbocycles. The maximum atomic E-state index is 12.7. The fraction of sp³-hybridized carbons (Fsp3) is 0.222. The van der Waals surface area contributed by atoms with E-state index in [0.717, 1.165) is 12.1 Å². The summed E-state index contributed by atoms with van der Waals surface area (Å²) in [5, 5.41) is 2.79. The van der Waals surface area contributed by atoms with Crippen molar-refractivity contribution in [2.45, 2.75) is 19.8 Å². The Morgan fingerprint density at radius 3 is 2.77 bits per heavy atom. The third kappa shape index (κ3) is 2.72. The molecule has 0 aromatic heterocycles. The molecule has 0 atom stereocenters. The Labute approximate surface area is 129 Å². The quantitative estimate of drug-likeness (QED) is 0.944. The van der Waals surface area contributed by atoms with Gasteiger partial charge in [-0.25, -0.2) is 0 Å². The molecule has 1 aliphatic rings. The van der Waals surface area contributed by atoms with Crippen molar-refractivity contribution in [1.29, 1.82) is 0 Å². The van der Waals surface area contributed by atoms with Crippen molar-refractivity contribution < 1.29 is 9.59 Å². The van der Waals surface area contributed by atoms with E-state index in [1.54, 1.807) is 36.1 Å². The number of nitrogens with one attached hydrogen (secondary N) is 1. The number of carbonyl (C=O) groups is 2. The van der Waals surface area contributed by atoms with Crippen LogP contribution in [0.3, 0.4) is 0 Å². The molecule has 2 amide bonds. The van der Waals surface area contributed by atoms with Gasteiger partial charge in [0.25, 0.3) is 5.91 Å². The molecule has 0 spiro atoms. The van der Waals surface area contributed by atoms with Gasteiger partial charge in [-0.3, -0.25) is 9.59 Å². The monoisotopic (exact) mass is 294 g/mol. The Morgan fingerprint density at radius 1 is 1.14 bits per heavy atom. The van der Waals surface area contributed by atoms with Gasteiger partial charge in [-0.05, 0) is 36.2 Å². The van der Waals surface area contributed by atoms with E-state index >= 15 is 0 Å². The number of benzene rings is 2. The summed E-state index contributed by atoms with van der Waals surface area (Å²) in [6.07, 6.45) is 1.30. The highest BCUT2D eigenvalue weighted by Crippen LogP contribution is 2.29. The molecular weight excluding hydrogens is 276 g/mol. The zero-order valence-electron chi connectivity index (χ0n) is 12.5. The van der Waals surface area contributed by atoms with Crippen molar-refractivity contribution in [3.8, 4) is 0 Å². The predicted octanol–water partition coefficient (Wildman–Crippen LogP) is 3.24. The lowest BCUT2D eigenvalue weighted by molar-refractivity contribution is -0.115. The third-order valence-electron chi connectivity index (χ3n) is 3.85. The summed E-state index contributed by atoms with van der Waals surface area (Å²) in [5.74, 6) is -0.0892. The number of hydrogen-bond donors (Lipinski definition) is 1. The van der Waals surface area contributed by atoms with Crippen LogP contribution >= 0.6 is 0 Å². The minimum absolute atomic E-state index is 0.0300. The summed E-state index contributed by atoms with van der Waals surface area (Å²) in [7, 11) is 0. The number of amides is 2. The largest absolute Gasteiger partial charge is 0.326 e. The van der Waals surface area contributed by atoms with Crippen molar-refractivity contribution in [1.82, 2.24) is 0 Å². The maximum absolute atomic E-state index is 12.7. The molecule has 0 radical (unpaired) electrons. The Morgan fingerprint density at radius 2 is 1.95 bits per heavy atom. The molecular formula is C18H18N2O2. The van der Waals surface area contributed by atoms with Crippen LogP contribution < -0.4 is 10.2 Å². The van der Waals surface area contributed by atoms with Crippen LogP contribution in [0.2, 0.25) is 0 Å². The predicted molar refractivity (Wildman–Crippen MR) is 87.2 cm³/mol. The first kappa shape index (κ1) is 14.3. The van der Waals surface area contributed by atoms with Crippen LogP contribution in [0.5, 0.6) is 0 Å². The summed E-state index contributed by atoms with van der Waals surface area (Å²) in [4.78, 5) is 26.0. The van der Waals surface area contributed by atoms with Crippen LogP contribution in [0.15, 0.2) is 48.5 Å². The Balaban J connectivity index is 1.84. The SMILES string of the molecule is CCC(=O)Nc1cccc(C(=O)N2CCc3ccccc32)c1. The molecule has 1 heterocycles. The zero-order valence-corrected chi connectivity index (χ0v) is 12.5. The minimum atomic E-state index is -0.0592. The van der Waals surface area contributed by atoms with Gasteiger partial charge in [0.2, 0.25) is 5.91 Å². The molecule has 0 saturated heterocycles. The number of rotatable bonds is 3. The third-order valence-corrected chi connectivity index (χ3v) is 3.85. The highest BCUT2D eigenvalue weighted by molar-refractivity contribution is 6.08. The highest BCUT2D eigenvalue weighted by atomic mass is 16.2. The topological polar surface area (TPSA) is 49.4 Å². The average Bonchev–Trinajstić information content (AvgIpc) is 2.98. The number of nitrogens with zero attached hydrogens (tertiary/aromatic N) is 1. The minimum Gasteiger partial charge on any atom is -0.326 e. The molecule has 2 aromatic rings. The molecule has 2 aromatic carbocycles. The molecule has 4 heteroatoms. The van der Waals surface area contributed by atoms with E-state index in [4.69, 9.17) is 0 Å². The van der Waals surface area contributed by atoms with Gasteiger partial charge in [0.05, 0.1) is 0 Å². The van der Waals surface area contributed by atoms with E-state index in [1.807, 2.05) is 18.2 Å². The summed E-state index contributed by atoms with van der Waals surface area (Å²) in [5.41, 5.74) is 3.43. The molecule has 0 bridgehead atoms. The van der Waals surface area contributed by atoms with Gasteiger partial charge in [0.1, 0.15) is 0 Å². The first-order chi connectivity index (χ1) is 10.7. The van der Waals surface area contributed by atoms with Crippen molar-refractivity contribution in [3.63, 3.8) is 0 Å². The van der Waals surface area contributed by atoms with Crippen LogP contribution in [0.1, 0.15) is 29.3 Å². The number of hydrogen-bond acceptors (Lipinski definition) is 2. The first-order valence-electron chi connectivity index (χ1n) is 7.48. The average molecular weight is 294 g/mol. The van der Waals surface area contributed by atoms with E-state index in [-0.39, 0.29) is 11.8 Å². The van der Waals surface area contributed by atoms with Gasteiger partial charge >= 0.3 is 0 Å². The van der Waals surface area contributed by atoms with E-state index in [2.05, 4.69) is 11.4 Å². The lowest BCUT2D eigenvalue weighted by Crippen LogP contribution is -2.28. The van der Waals surface area contributed by atoms with Gasteiger partial charge in [-0.15, -0.1) is 0 Å². The lowest BCUT2D eigenvalue weighted by Gasteiger charge is -2.17. The maximum Gasteiger partial charge on any atom is 0.258 e. The van der Waals surface area contributed by atoms with Crippen molar-refractivity contribution in [3.05, 3.63) is 59.7 Å². The zero-order chi connectivity index (χ0) is 15.5. The van der Waals surface area contributed by atoms with E-state index < -0.39 is 0 Å². The van der Waals surface area contributed by atoms with E-state index in [9.17, 15) is 9.59 Å². The molecule has 0 aliphatic carbocycles. The molecule has 1 aliphatic heterocycles. The van der Waals surface area contributed by atoms with Crippen LogP contribution in [0.4, 0.5) is 11.4 Å². The van der Waals surface area contributed by atoms with Crippen LogP contribution in [-0.2, 0) is 11.2 Å². The second-order valence-corrected chi connectivity index (χ2v) is 5.32. The van der Waals surface area contributed by atoms with Gasteiger partial charge in [-0.1, -0.05) is 31.2 Å². The summed E-state index contributed by atoms with van der Waals surface area (Å²) < 4.78 is 0. The second kappa shape index (κ2) is 6.02. The van der Waals surface area contributed by atoms with Crippen molar-refractivity contribution in [2.24, 2.45) is 0 Å². The molecule has 0 unspecified atom stereocenters. The smallest absolute Gasteiger partial charge is 0.258 e. The summed E-state index contributed by atoms with van der Waals surface area (Å²) in [6, 6.07) is 15.1. The molecule has 22 heavy (non-hydrogen) atoms. The number of fused-ring (bicyclic) bond motifs is 1. The Kier molecular flexibility index (Phi) is 3.92. The Bertz CT molecular complexity index is 725. The van der Waals surface area contributed by atoms with Gasteiger partial charge in [0.15, 0.2) is 0 Å². The lowest BCUT2D eigenvalue weighted by atomic mass is 10.1. The van der Waals surface area contributed by atoms with Gasteiger partial charge in [0, 0.05) is 29.9 Å². The number of para-hydroxylation sites is 1. The summed E-state index contributed by atoms with van der Waals surface area (Å²) in [6.45, 7) is 2.50. The van der Waals surface area contributed by atoms with Crippen LogP contribution in [0.25, 0.3) is 0 Å². The standard InChI is InChI=1S/C18H18N2O2/c1-2-17(21)19-15-8-5-7-14(12-15)18(22)20-11-10-13-6-3-4-9-16(13)20/h3-9,12H,2,10-11H2,1H3,(H,19,21). The van der Waals surface area contributed by atoms with Gasteiger partial charge in [-0.2, -0.15) is 0 Å². The van der Waals surface area contributed by atoms with E-state index in [0.29, 0.717) is 24.2 Å². The highest BCUT2D eigenvalue weighted by Gasteiger charge is 2.25. The molecule has 1 N–H and O–H groups in total. The van der Waals surface area contributed by atoms with Crippen molar-refractivity contribution >= 4 is 23.2 Å². The number of carbonyl (C=O) groups excluding carboxylic acids is 2. The van der Waals surface area contributed by atoms with Crippen molar-refractivity contribution in [2.75, 3.05) is 16.8 Å². The van der Waals surface area contributed by atoms with Gasteiger partial charge < -0.3 is 10.2 Å². The Hall–Kier alpha value is -2.62. The van der Waals surface area contributed by atoms with Crippen LogP contribution in [-0.4, -0.2) is 18.4 Å². The number of anilines is 2. The second-order valence-electron chi connectivity index (χ2n) is 5.32. The fourth-order valence-corrected chi connectivity index (χ4v) is 2.68. The molecule has 4 nitrogen and oxygen atoms in total. The first-order valence-corrected chi connectivity index (χ1v) is 7.48. The molecule has 112 valence electrons. The molecule has 0 fully saturated rings.